The molecule has 4 nitrogen and oxygen atoms in total. The molecular formula is C14H7F3N2O2S. The molecule has 112 valence electrons. The predicted octanol–water partition coefficient (Wildman–Crippen LogP) is 4.89. The van der Waals surface area contributed by atoms with E-state index in [0.717, 1.165) is 12.1 Å². The molecule has 8 heteroatoms. The molecule has 0 fully saturated rings. The number of aromatic nitrogens is 1. The number of hydrogen-bond donors (Lipinski definition) is 0. The van der Waals surface area contributed by atoms with Crippen LogP contribution in [0.2, 0.25) is 0 Å². The molecule has 0 bridgehead atoms. The third kappa shape index (κ3) is 2.64. The molecule has 1 aromatic heterocycles. The Morgan fingerprint density at radius 2 is 1.77 bits per heavy atom. The van der Waals surface area contributed by atoms with Crippen LogP contribution >= 0.6 is 11.3 Å². The van der Waals surface area contributed by atoms with Crippen LogP contribution in [0.3, 0.4) is 0 Å². The predicted molar refractivity (Wildman–Crippen MR) is 76.7 cm³/mol. The summed E-state index contributed by atoms with van der Waals surface area (Å²) in [6, 6.07) is 9.12. The fourth-order valence-corrected chi connectivity index (χ4v) is 2.90. The van der Waals surface area contributed by atoms with Gasteiger partial charge in [-0.25, -0.2) is 4.98 Å². The van der Waals surface area contributed by atoms with E-state index in [4.69, 9.17) is 0 Å². The van der Waals surface area contributed by atoms with Crippen LogP contribution in [-0.2, 0) is 6.18 Å². The molecule has 0 N–H and O–H groups in total. The summed E-state index contributed by atoms with van der Waals surface area (Å²) in [4.78, 5) is 14.3. The van der Waals surface area contributed by atoms with Crippen molar-refractivity contribution in [1.82, 2.24) is 4.98 Å². The first-order chi connectivity index (χ1) is 10.3. The van der Waals surface area contributed by atoms with Gasteiger partial charge in [0, 0.05) is 17.7 Å². The Kier molecular flexibility index (Phi) is 3.32. The molecule has 1 heterocycles. The molecule has 3 aromatic rings. The van der Waals surface area contributed by atoms with Crippen LogP contribution in [0.1, 0.15) is 5.56 Å². The first-order valence-corrected chi connectivity index (χ1v) is 6.89. The molecule has 0 amide bonds. The molecule has 0 radical (unpaired) electrons. The molecule has 0 saturated carbocycles. The van der Waals surface area contributed by atoms with Crippen LogP contribution in [0.4, 0.5) is 18.9 Å². The van der Waals surface area contributed by atoms with Crippen molar-refractivity contribution in [3.8, 4) is 10.6 Å². The zero-order chi connectivity index (χ0) is 15.9. The Bertz CT molecular complexity index is 857. The van der Waals surface area contributed by atoms with Gasteiger partial charge in [-0.15, -0.1) is 11.3 Å². The number of halogens is 3. The van der Waals surface area contributed by atoms with Gasteiger partial charge in [0.1, 0.15) is 5.01 Å². The average Bonchev–Trinajstić information content (AvgIpc) is 2.89. The van der Waals surface area contributed by atoms with Crippen LogP contribution in [0.25, 0.3) is 20.8 Å². The van der Waals surface area contributed by atoms with Crippen LogP contribution in [0, 0.1) is 10.1 Å². The molecular weight excluding hydrogens is 317 g/mol. The third-order valence-electron chi connectivity index (χ3n) is 3.04. The van der Waals surface area contributed by atoms with E-state index in [1.807, 2.05) is 0 Å². The van der Waals surface area contributed by atoms with Gasteiger partial charge in [-0.05, 0) is 30.3 Å². The van der Waals surface area contributed by atoms with Crippen molar-refractivity contribution < 1.29 is 18.1 Å². The van der Waals surface area contributed by atoms with Crippen molar-refractivity contribution in [3.63, 3.8) is 0 Å². The summed E-state index contributed by atoms with van der Waals surface area (Å²) in [5, 5.41) is 11.1. The number of rotatable bonds is 2. The lowest BCUT2D eigenvalue weighted by Crippen LogP contribution is -2.03. The highest BCUT2D eigenvalue weighted by atomic mass is 32.1. The second-order valence-electron chi connectivity index (χ2n) is 4.50. The number of alkyl halides is 3. The lowest BCUT2D eigenvalue weighted by Gasteiger charge is -2.04. The van der Waals surface area contributed by atoms with E-state index in [2.05, 4.69) is 4.98 Å². The van der Waals surface area contributed by atoms with Crippen LogP contribution in [0.15, 0.2) is 42.5 Å². The molecule has 22 heavy (non-hydrogen) atoms. The molecule has 0 unspecified atom stereocenters. The fourth-order valence-electron chi connectivity index (χ4n) is 1.95. The molecule has 0 aliphatic heterocycles. The molecule has 0 saturated heterocycles. The normalized spacial score (nSPS) is 11.8. The van der Waals surface area contributed by atoms with Crippen molar-refractivity contribution in [2.75, 3.05) is 0 Å². The Balaban J connectivity index is 2.03. The number of nitro benzene ring substituents is 1. The number of fused-ring (bicyclic) bond motifs is 1. The quantitative estimate of drug-likeness (QED) is 0.498. The van der Waals surface area contributed by atoms with Crippen molar-refractivity contribution in [3.05, 3.63) is 58.1 Å². The Hall–Kier alpha value is -2.48. The van der Waals surface area contributed by atoms with Crippen LogP contribution < -0.4 is 0 Å². The molecule has 2 aromatic carbocycles. The monoisotopic (exact) mass is 324 g/mol. The van der Waals surface area contributed by atoms with Crippen LogP contribution in [0.5, 0.6) is 0 Å². The van der Waals surface area contributed by atoms with Crippen molar-refractivity contribution >= 4 is 27.2 Å². The SMILES string of the molecule is O=[N+]([O-])c1ccc(-c2nc3cc(C(F)(F)F)ccc3s2)cc1. The van der Waals surface area contributed by atoms with E-state index in [1.165, 1.54) is 41.7 Å². The van der Waals surface area contributed by atoms with E-state index >= 15 is 0 Å². The van der Waals surface area contributed by atoms with E-state index in [-0.39, 0.29) is 11.2 Å². The van der Waals surface area contributed by atoms with E-state index in [9.17, 15) is 23.3 Å². The second kappa shape index (κ2) is 5.06. The minimum atomic E-state index is -4.41. The van der Waals surface area contributed by atoms with E-state index in [0.29, 0.717) is 15.3 Å². The Morgan fingerprint density at radius 1 is 1.09 bits per heavy atom. The molecule has 0 spiro atoms. The summed E-state index contributed by atoms with van der Waals surface area (Å²) in [6.07, 6.45) is -4.41. The topological polar surface area (TPSA) is 56.0 Å². The summed E-state index contributed by atoms with van der Waals surface area (Å²) in [7, 11) is 0. The minimum Gasteiger partial charge on any atom is -0.258 e. The summed E-state index contributed by atoms with van der Waals surface area (Å²) >= 11 is 1.24. The lowest BCUT2D eigenvalue weighted by atomic mass is 10.2. The smallest absolute Gasteiger partial charge is 0.258 e. The summed E-state index contributed by atoms with van der Waals surface area (Å²) in [5.74, 6) is 0. The average molecular weight is 324 g/mol. The van der Waals surface area contributed by atoms with Crippen molar-refractivity contribution in [2.45, 2.75) is 6.18 Å². The highest BCUT2D eigenvalue weighted by Crippen LogP contribution is 2.35. The number of nitrogens with zero attached hydrogens (tertiary/aromatic N) is 2. The lowest BCUT2D eigenvalue weighted by molar-refractivity contribution is -0.384. The first kappa shape index (κ1) is 14.5. The number of hydrogen-bond acceptors (Lipinski definition) is 4. The van der Waals surface area contributed by atoms with Gasteiger partial charge in [-0.1, -0.05) is 0 Å². The second-order valence-corrected chi connectivity index (χ2v) is 5.53. The van der Waals surface area contributed by atoms with Gasteiger partial charge >= 0.3 is 6.18 Å². The largest absolute Gasteiger partial charge is 0.416 e. The van der Waals surface area contributed by atoms with Gasteiger partial charge < -0.3 is 0 Å². The van der Waals surface area contributed by atoms with E-state index in [1.54, 1.807) is 0 Å². The first-order valence-electron chi connectivity index (χ1n) is 6.07. The van der Waals surface area contributed by atoms with Gasteiger partial charge in [0.25, 0.3) is 5.69 Å². The van der Waals surface area contributed by atoms with E-state index < -0.39 is 16.7 Å². The summed E-state index contributed by atoms with van der Waals surface area (Å²) in [6.45, 7) is 0. The highest BCUT2D eigenvalue weighted by molar-refractivity contribution is 7.21. The highest BCUT2D eigenvalue weighted by Gasteiger charge is 2.30. The van der Waals surface area contributed by atoms with Gasteiger partial charge in [0.05, 0.1) is 20.7 Å². The van der Waals surface area contributed by atoms with Gasteiger partial charge in [-0.2, -0.15) is 13.2 Å². The van der Waals surface area contributed by atoms with Gasteiger partial charge in [-0.3, -0.25) is 10.1 Å². The van der Waals surface area contributed by atoms with Crippen LogP contribution in [-0.4, -0.2) is 9.91 Å². The molecule has 0 aliphatic carbocycles. The minimum absolute atomic E-state index is 0.0516. The molecule has 0 atom stereocenters. The Morgan fingerprint density at radius 3 is 2.36 bits per heavy atom. The third-order valence-corrected chi connectivity index (χ3v) is 4.13. The molecule has 0 aliphatic rings. The number of nitro groups is 1. The number of benzene rings is 2. The van der Waals surface area contributed by atoms with Gasteiger partial charge in [0.2, 0.25) is 0 Å². The van der Waals surface area contributed by atoms with Crippen molar-refractivity contribution in [1.29, 1.82) is 0 Å². The zero-order valence-electron chi connectivity index (χ0n) is 10.8. The maximum atomic E-state index is 12.7. The summed E-state index contributed by atoms with van der Waals surface area (Å²) in [5.41, 5.74) is 0.0818. The maximum absolute atomic E-state index is 12.7. The standard InChI is InChI=1S/C14H7F3N2O2S/c15-14(16,17)9-3-6-12-11(7-9)18-13(22-12)8-1-4-10(5-2-8)19(20)21/h1-7H. The Labute approximate surface area is 126 Å². The number of thiazole rings is 1. The summed E-state index contributed by atoms with van der Waals surface area (Å²) < 4.78 is 38.7. The van der Waals surface area contributed by atoms with Gasteiger partial charge in [0.15, 0.2) is 0 Å². The number of non-ortho nitro benzene ring substituents is 1. The fraction of sp³-hybridized carbons (Fsp3) is 0.0714. The zero-order valence-corrected chi connectivity index (χ0v) is 11.6. The van der Waals surface area contributed by atoms with Crippen molar-refractivity contribution in [2.24, 2.45) is 0 Å². The molecule has 3 rings (SSSR count). The maximum Gasteiger partial charge on any atom is 0.416 e.